The van der Waals surface area contributed by atoms with Crippen molar-refractivity contribution in [1.82, 2.24) is 25.1 Å². The van der Waals surface area contributed by atoms with Crippen molar-refractivity contribution >= 4 is 41.2 Å². The fourth-order valence-corrected chi connectivity index (χ4v) is 4.64. The number of carbonyl (C=O) groups is 1. The van der Waals surface area contributed by atoms with Gasteiger partial charge in [0.15, 0.2) is 4.77 Å². The summed E-state index contributed by atoms with van der Waals surface area (Å²) in [5, 5.41) is 12.0. The van der Waals surface area contributed by atoms with Crippen molar-refractivity contribution in [2.45, 2.75) is 36.9 Å². The number of amides is 1. The molecule has 0 spiro atoms. The summed E-state index contributed by atoms with van der Waals surface area (Å²) in [7, 11) is 0. The van der Waals surface area contributed by atoms with E-state index in [2.05, 4.69) is 25.9 Å². The largest absolute Gasteiger partial charge is 0.352 e. The van der Waals surface area contributed by atoms with E-state index in [0.717, 1.165) is 28.2 Å². The third-order valence-electron chi connectivity index (χ3n) is 3.96. The van der Waals surface area contributed by atoms with Gasteiger partial charge in [0.05, 0.1) is 0 Å². The minimum atomic E-state index is -0.0815. The highest BCUT2D eigenvalue weighted by Gasteiger charge is 2.08. The van der Waals surface area contributed by atoms with Gasteiger partial charge in [-0.2, -0.15) is 5.10 Å². The van der Waals surface area contributed by atoms with Crippen molar-refractivity contribution in [3.8, 4) is 0 Å². The number of nitrogens with zero attached hydrogens (tertiary/aromatic N) is 3. The van der Waals surface area contributed by atoms with E-state index in [4.69, 9.17) is 12.2 Å². The van der Waals surface area contributed by atoms with Crippen molar-refractivity contribution in [3.05, 3.63) is 57.1 Å². The van der Waals surface area contributed by atoms with Crippen LogP contribution in [-0.4, -0.2) is 32.2 Å². The average molecular weight is 420 g/mol. The lowest BCUT2D eigenvalue weighted by Crippen LogP contribution is -2.26. The molecule has 3 rings (SSSR count). The minimum Gasteiger partial charge on any atom is -0.352 e. The molecule has 0 aliphatic carbocycles. The fourth-order valence-electron chi connectivity index (χ4n) is 2.55. The summed E-state index contributed by atoms with van der Waals surface area (Å²) in [4.78, 5) is 16.8. The van der Waals surface area contributed by atoms with E-state index in [9.17, 15) is 4.79 Å². The highest BCUT2D eigenvalue weighted by atomic mass is 32.2. The number of hydrogen-bond donors (Lipinski definition) is 2. The molecule has 142 valence electrons. The fraction of sp³-hybridized carbons (Fsp3) is 0.333. The van der Waals surface area contributed by atoms with E-state index in [1.807, 2.05) is 42.7 Å². The van der Waals surface area contributed by atoms with Crippen LogP contribution in [0.3, 0.4) is 0 Å². The third kappa shape index (κ3) is 5.27. The van der Waals surface area contributed by atoms with Crippen LogP contribution in [0.2, 0.25) is 0 Å². The van der Waals surface area contributed by atoms with Crippen LogP contribution in [0.1, 0.15) is 34.4 Å². The van der Waals surface area contributed by atoms with Gasteiger partial charge in [-0.25, -0.2) is 4.98 Å². The van der Waals surface area contributed by atoms with Crippen LogP contribution < -0.4 is 5.32 Å². The highest BCUT2D eigenvalue weighted by Crippen LogP contribution is 2.26. The molecule has 0 saturated heterocycles. The third-order valence-corrected chi connectivity index (χ3v) is 6.49. The molecule has 1 amide bonds. The van der Waals surface area contributed by atoms with Gasteiger partial charge in [0.2, 0.25) is 0 Å². The molecule has 2 heterocycles. The molecule has 27 heavy (non-hydrogen) atoms. The molecule has 2 N–H and O–H groups in total. The van der Waals surface area contributed by atoms with Gasteiger partial charge in [-0.05, 0) is 43.8 Å². The summed E-state index contributed by atoms with van der Waals surface area (Å²) in [6, 6.07) is 7.70. The molecule has 0 aliphatic rings. The first kappa shape index (κ1) is 19.8. The van der Waals surface area contributed by atoms with Crippen LogP contribution in [0.4, 0.5) is 0 Å². The maximum absolute atomic E-state index is 12.3. The maximum atomic E-state index is 12.3. The van der Waals surface area contributed by atoms with Gasteiger partial charge in [0.1, 0.15) is 10.2 Å². The second-order valence-electron chi connectivity index (χ2n) is 5.94. The van der Waals surface area contributed by atoms with Crippen LogP contribution in [-0.2, 0) is 18.7 Å². The smallest absolute Gasteiger partial charge is 0.251 e. The Bertz CT molecular complexity index is 958. The lowest BCUT2D eigenvalue weighted by molar-refractivity contribution is 0.0954. The monoisotopic (exact) mass is 419 g/mol. The Morgan fingerprint density at radius 3 is 2.81 bits per heavy atom. The first-order valence-corrected chi connectivity index (χ1v) is 10.9. The van der Waals surface area contributed by atoms with Gasteiger partial charge >= 0.3 is 0 Å². The van der Waals surface area contributed by atoms with Gasteiger partial charge < -0.3 is 9.88 Å². The molecule has 0 atom stereocenters. The Morgan fingerprint density at radius 1 is 1.37 bits per heavy atom. The van der Waals surface area contributed by atoms with Crippen molar-refractivity contribution in [2.24, 2.45) is 0 Å². The molecule has 0 aliphatic heterocycles. The predicted octanol–water partition coefficient (Wildman–Crippen LogP) is 3.99. The first-order valence-electron chi connectivity index (χ1n) is 8.63. The predicted molar refractivity (Wildman–Crippen MR) is 112 cm³/mol. The highest BCUT2D eigenvalue weighted by molar-refractivity contribution is 8.00. The summed E-state index contributed by atoms with van der Waals surface area (Å²) in [5.74, 6) is 1.61. The van der Waals surface area contributed by atoms with E-state index in [1.165, 1.54) is 5.56 Å². The zero-order valence-corrected chi connectivity index (χ0v) is 17.6. The molecule has 0 unspecified atom stereocenters. The van der Waals surface area contributed by atoms with Gasteiger partial charge in [-0.1, -0.05) is 23.9 Å². The van der Waals surface area contributed by atoms with E-state index in [-0.39, 0.29) is 5.91 Å². The Kier molecular flexibility index (Phi) is 6.81. The summed E-state index contributed by atoms with van der Waals surface area (Å²) >= 11 is 8.54. The molecule has 9 heteroatoms. The summed E-state index contributed by atoms with van der Waals surface area (Å²) < 4.78 is 3.61. The Hall–Kier alpha value is -1.97. The number of hydrogen-bond acceptors (Lipinski definition) is 6. The van der Waals surface area contributed by atoms with Crippen molar-refractivity contribution in [2.75, 3.05) is 6.54 Å². The molecule has 2 aromatic heterocycles. The average Bonchev–Trinajstić information content (AvgIpc) is 3.25. The van der Waals surface area contributed by atoms with Crippen LogP contribution in [0.15, 0.2) is 34.0 Å². The minimum absolute atomic E-state index is 0.0815. The second kappa shape index (κ2) is 9.29. The molecule has 0 saturated carbocycles. The molecule has 1 aromatic carbocycles. The number of carbonyl (C=O) groups excluding carboxylic acids is 1. The quantitative estimate of drug-likeness (QED) is 0.426. The Labute approximate surface area is 171 Å². The maximum Gasteiger partial charge on any atom is 0.251 e. The lowest BCUT2D eigenvalue weighted by atomic mass is 10.1. The number of benzene rings is 1. The number of H-pyrrole nitrogens is 1. The number of thiazole rings is 1. The van der Waals surface area contributed by atoms with E-state index < -0.39 is 0 Å². The molecule has 0 bridgehead atoms. The second-order valence-corrected chi connectivity index (χ2v) is 8.40. The molecule has 0 fully saturated rings. The number of aryl methyl sites for hydroxylation is 1. The standard InChI is InChI=1S/C18H21N5OS3/c1-3-23-15(21-22-17(23)25)8-9-19-16(24)14-6-4-13(5-7-14)11-27-18-20-12(2)10-26-18/h4-7,10H,3,8-9,11H2,1-2H3,(H,19,24)(H,22,25). The van der Waals surface area contributed by atoms with E-state index in [1.54, 1.807) is 23.1 Å². The number of aromatic nitrogens is 4. The normalized spacial score (nSPS) is 10.9. The van der Waals surface area contributed by atoms with Gasteiger partial charge in [0, 0.05) is 41.9 Å². The molecule has 3 aromatic rings. The Balaban J connectivity index is 1.49. The van der Waals surface area contributed by atoms with Crippen LogP contribution in [0.5, 0.6) is 0 Å². The summed E-state index contributed by atoms with van der Waals surface area (Å²) in [6.07, 6.45) is 0.634. The topological polar surface area (TPSA) is 75.6 Å². The van der Waals surface area contributed by atoms with Crippen LogP contribution >= 0.6 is 35.3 Å². The van der Waals surface area contributed by atoms with Crippen molar-refractivity contribution in [1.29, 1.82) is 0 Å². The summed E-state index contributed by atoms with van der Waals surface area (Å²) in [6.45, 7) is 5.29. The SMILES string of the molecule is CCn1c(CCNC(=O)c2ccc(CSc3nc(C)cs3)cc2)n[nH]c1=S. The van der Waals surface area contributed by atoms with Gasteiger partial charge in [0.25, 0.3) is 5.91 Å². The van der Waals surface area contributed by atoms with Gasteiger partial charge in [-0.3, -0.25) is 9.89 Å². The number of aromatic amines is 1. The first-order chi connectivity index (χ1) is 13.1. The molecule has 0 radical (unpaired) electrons. The van der Waals surface area contributed by atoms with Gasteiger partial charge in [-0.15, -0.1) is 11.3 Å². The zero-order valence-electron chi connectivity index (χ0n) is 15.2. The van der Waals surface area contributed by atoms with Crippen molar-refractivity contribution < 1.29 is 4.79 Å². The van der Waals surface area contributed by atoms with E-state index >= 15 is 0 Å². The van der Waals surface area contributed by atoms with E-state index in [0.29, 0.717) is 23.3 Å². The Morgan fingerprint density at radius 2 is 2.15 bits per heavy atom. The number of rotatable bonds is 8. The molecular formula is C18H21N5OS3. The summed E-state index contributed by atoms with van der Waals surface area (Å²) in [5.41, 5.74) is 2.88. The molecule has 6 nitrogen and oxygen atoms in total. The zero-order chi connectivity index (χ0) is 19.2. The van der Waals surface area contributed by atoms with Crippen molar-refractivity contribution in [3.63, 3.8) is 0 Å². The van der Waals surface area contributed by atoms with Crippen LogP contribution in [0.25, 0.3) is 0 Å². The number of nitrogens with one attached hydrogen (secondary N) is 2. The van der Waals surface area contributed by atoms with Crippen LogP contribution in [0, 0.1) is 11.7 Å². The molecular weight excluding hydrogens is 398 g/mol. The number of thioether (sulfide) groups is 1. The lowest BCUT2D eigenvalue weighted by Gasteiger charge is -2.07.